The zero-order chi connectivity index (χ0) is 11.1. The first-order valence-electron chi connectivity index (χ1n) is 5.06. The molecule has 0 saturated carbocycles. The third kappa shape index (κ3) is 1.46. The maximum absolute atomic E-state index is 5.86. The Morgan fingerprint density at radius 3 is 2.62 bits per heavy atom. The number of nitrogens with zero attached hydrogens (tertiary/aromatic N) is 1. The van der Waals surface area contributed by atoms with Crippen molar-refractivity contribution < 1.29 is 4.74 Å². The summed E-state index contributed by atoms with van der Waals surface area (Å²) in [6, 6.07) is 14.3. The normalized spacial score (nSPS) is 12.8. The van der Waals surface area contributed by atoms with Gasteiger partial charge in [0.15, 0.2) is 11.5 Å². The van der Waals surface area contributed by atoms with Crippen molar-refractivity contribution in [3.63, 3.8) is 0 Å². The van der Waals surface area contributed by atoms with Crippen LogP contribution in [0.15, 0.2) is 42.5 Å². The second kappa shape index (κ2) is 3.66. The predicted molar refractivity (Wildman–Crippen MR) is 73.7 cm³/mol. The first-order chi connectivity index (χ1) is 7.75. The molecule has 16 heavy (non-hydrogen) atoms. The Morgan fingerprint density at radius 1 is 1.00 bits per heavy atom. The van der Waals surface area contributed by atoms with Gasteiger partial charge in [0.1, 0.15) is 0 Å². The van der Waals surface area contributed by atoms with Crippen LogP contribution in [0, 0.1) is 3.57 Å². The van der Waals surface area contributed by atoms with Gasteiger partial charge in [-0.25, -0.2) is 0 Å². The molecule has 0 radical (unpaired) electrons. The van der Waals surface area contributed by atoms with Gasteiger partial charge in [-0.2, -0.15) is 0 Å². The van der Waals surface area contributed by atoms with Crippen LogP contribution in [-0.2, 0) is 0 Å². The van der Waals surface area contributed by atoms with Crippen molar-refractivity contribution in [3.8, 4) is 11.5 Å². The minimum atomic E-state index is 0.915. The number of para-hydroxylation sites is 2. The summed E-state index contributed by atoms with van der Waals surface area (Å²) in [6.45, 7) is 0. The molecule has 0 N–H and O–H groups in total. The van der Waals surface area contributed by atoms with Crippen molar-refractivity contribution in [2.45, 2.75) is 0 Å². The Bertz CT molecular complexity index is 553. The van der Waals surface area contributed by atoms with E-state index in [1.807, 2.05) is 24.3 Å². The molecule has 0 amide bonds. The lowest BCUT2D eigenvalue weighted by molar-refractivity contribution is 0.475. The third-order valence-electron chi connectivity index (χ3n) is 2.73. The van der Waals surface area contributed by atoms with Crippen molar-refractivity contribution in [2.24, 2.45) is 0 Å². The van der Waals surface area contributed by atoms with Crippen LogP contribution in [-0.4, -0.2) is 7.05 Å². The van der Waals surface area contributed by atoms with Gasteiger partial charge in [0.25, 0.3) is 0 Å². The summed E-state index contributed by atoms with van der Waals surface area (Å²) in [5, 5.41) is 0. The summed E-state index contributed by atoms with van der Waals surface area (Å²) < 4.78 is 7.07. The van der Waals surface area contributed by atoms with Crippen molar-refractivity contribution in [2.75, 3.05) is 11.9 Å². The van der Waals surface area contributed by atoms with Gasteiger partial charge in [-0.05, 0) is 52.9 Å². The number of rotatable bonds is 0. The first kappa shape index (κ1) is 9.96. The SMILES string of the molecule is CN1c2ccccc2Oc2ccc(I)cc21. The topological polar surface area (TPSA) is 12.5 Å². The van der Waals surface area contributed by atoms with Gasteiger partial charge < -0.3 is 9.64 Å². The van der Waals surface area contributed by atoms with Gasteiger partial charge in [-0.1, -0.05) is 12.1 Å². The second-order valence-corrected chi connectivity index (χ2v) is 4.99. The number of fused-ring (bicyclic) bond motifs is 2. The molecule has 1 heterocycles. The Labute approximate surface area is 108 Å². The minimum Gasteiger partial charge on any atom is -0.453 e. The van der Waals surface area contributed by atoms with Gasteiger partial charge in [0.05, 0.1) is 11.4 Å². The zero-order valence-corrected chi connectivity index (χ0v) is 10.9. The average Bonchev–Trinajstić information content (AvgIpc) is 2.31. The largest absolute Gasteiger partial charge is 0.453 e. The van der Waals surface area contributed by atoms with Crippen LogP contribution >= 0.6 is 22.6 Å². The quantitative estimate of drug-likeness (QED) is 0.675. The van der Waals surface area contributed by atoms with E-state index in [0.717, 1.165) is 22.9 Å². The average molecular weight is 323 g/mol. The van der Waals surface area contributed by atoms with E-state index in [9.17, 15) is 0 Å². The van der Waals surface area contributed by atoms with Crippen LogP contribution in [0.2, 0.25) is 0 Å². The predicted octanol–water partition coefficient (Wildman–Crippen LogP) is 4.16. The van der Waals surface area contributed by atoms with E-state index < -0.39 is 0 Å². The molecule has 3 heteroatoms. The summed E-state index contributed by atoms with van der Waals surface area (Å²) in [5.74, 6) is 1.83. The van der Waals surface area contributed by atoms with Gasteiger partial charge in [0.2, 0.25) is 0 Å². The summed E-state index contributed by atoms with van der Waals surface area (Å²) in [7, 11) is 2.07. The molecule has 0 saturated heterocycles. The lowest BCUT2D eigenvalue weighted by Gasteiger charge is -2.29. The Hall–Kier alpha value is -1.23. The molecule has 1 aliphatic heterocycles. The van der Waals surface area contributed by atoms with E-state index in [0.29, 0.717) is 0 Å². The number of hydrogen-bond acceptors (Lipinski definition) is 2. The Balaban J connectivity index is 2.19. The van der Waals surface area contributed by atoms with Crippen molar-refractivity contribution >= 4 is 34.0 Å². The molecule has 2 aromatic rings. The molecular weight excluding hydrogens is 313 g/mol. The van der Waals surface area contributed by atoms with Crippen LogP contribution in [0.1, 0.15) is 0 Å². The lowest BCUT2D eigenvalue weighted by atomic mass is 10.2. The van der Waals surface area contributed by atoms with Crippen LogP contribution in [0.5, 0.6) is 11.5 Å². The molecule has 80 valence electrons. The van der Waals surface area contributed by atoms with Crippen LogP contribution in [0.4, 0.5) is 11.4 Å². The third-order valence-corrected chi connectivity index (χ3v) is 3.40. The number of benzene rings is 2. The molecule has 0 fully saturated rings. The fourth-order valence-electron chi connectivity index (χ4n) is 1.91. The van der Waals surface area contributed by atoms with Crippen LogP contribution in [0.3, 0.4) is 0 Å². The molecule has 3 rings (SSSR count). The highest BCUT2D eigenvalue weighted by atomic mass is 127. The minimum absolute atomic E-state index is 0.915. The first-order valence-corrected chi connectivity index (χ1v) is 6.14. The second-order valence-electron chi connectivity index (χ2n) is 3.74. The number of hydrogen-bond donors (Lipinski definition) is 0. The maximum Gasteiger partial charge on any atom is 0.151 e. The summed E-state index contributed by atoms with van der Waals surface area (Å²) in [6.07, 6.45) is 0. The molecule has 0 bridgehead atoms. The number of ether oxygens (including phenoxy) is 1. The molecule has 0 spiro atoms. The van der Waals surface area contributed by atoms with Crippen molar-refractivity contribution in [1.82, 2.24) is 0 Å². The summed E-state index contributed by atoms with van der Waals surface area (Å²) in [4.78, 5) is 2.16. The Morgan fingerprint density at radius 2 is 1.75 bits per heavy atom. The highest BCUT2D eigenvalue weighted by Gasteiger charge is 2.20. The maximum atomic E-state index is 5.86. The van der Waals surface area contributed by atoms with Gasteiger partial charge in [-0.3, -0.25) is 0 Å². The molecule has 0 atom stereocenters. The van der Waals surface area contributed by atoms with E-state index in [-0.39, 0.29) is 0 Å². The fraction of sp³-hybridized carbons (Fsp3) is 0.0769. The molecular formula is C13H10INO. The summed E-state index contributed by atoms with van der Waals surface area (Å²) in [5.41, 5.74) is 2.22. The van der Waals surface area contributed by atoms with E-state index in [2.05, 4.69) is 52.7 Å². The van der Waals surface area contributed by atoms with Crippen molar-refractivity contribution in [1.29, 1.82) is 0 Å². The number of anilines is 2. The molecule has 0 aromatic heterocycles. The highest BCUT2D eigenvalue weighted by molar-refractivity contribution is 14.1. The summed E-state index contributed by atoms with van der Waals surface area (Å²) >= 11 is 2.31. The van der Waals surface area contributed by atoms with Gasteiger partial charge in [0, 0.05) is 10.6 Å². The molecule has 2 aromatic carbocycles. The Kier molecular flexibility index (Phi) is 2.28. The monoisotopic (exact) mass is 323 g/mol. The van der Waals surface area contributed by atoms with E-state index >= 15 is 0 Å². The molecule has 1 aliphatic rings. The van der Waals surface area contributed by atoms with Gasteiger partial charge >= 0.3 is 0 Å². The number of halogens is 1. The van der Waals surface area contributed by atoms with Gasteiger partial charge in [-0.15, -0.1) is 0 Å². The van der Waals surface area contributed by atoms with Crippen LogP contribution in [0.25, 0.3) is 0 Å². The molecule has 0 unspecified atom stereocenters. The standard InChI is InChI=1S/C13H10INO/c1-15-10-4-2-3-5-12(10)16-13-7-6-9(14)8-11(13)15/h2-8H,1H3. The fourth-order valence-corrected chi connectivity index (χ4v) is 2.38. The van der Waals surface area contributed by atoms with Crippen molar-refractivity contribution in [3.05, 3.63) is 46.0 Å². The van der Waals surface area contributed by atoms with E-state index in [1.54, 1.807) is 0 Å². The molecule has 2 nitrogen and oxygen atoms in total. The molecule has 0 aliphatic carbocycles. The smallest absolute Gasteiger partial charge is 0.151 e. The van der Waals surface area contributed by atoms with E-state index in [4.69, 9.17) is 4.74 Å². The lowest BCUT2D eigenvalue weighted by Crippen LogP contribution is -2.15. The highest BCUT2D eigenvalue weighted by Crippen LogP contribution is 2.45. The van der Waals surface area contributed by atoms with Crippen LogP contribution < -0.4 is 9.64 Å². The van der Waals surface area contributed by atoms with E-state index in [1.165, 1.54) is 3.57 Å². The zero-order valence-electron chi connectivity index (χ0n) is 8.77.